The largest absolute Gasteiger partial charge is 0.462 e. The van der Waals surface area contributed by atoms with Crippen LogP contribution in [0, 0.1) is 0 Å². The lowest BCUT2D eigenvalue weighted by Gasteiger charge is -2.18. The number of hydrogen-bond acceptors (Lipinski definition) is 6. The van der Waals surface area contributed by atoms with Crippen LogP contribution in [0.15, 0.2) is 109 Å². The smallest absolute Gasteiger partial charge is 0.306 e. The second-order valence-corrected chi connectivity index (χ2v) is 17.7. The van der Waals surface area contributed by atoms with Gasteiger partial charge in [0.15, 0.2) is 6.10 Å². The Balaban J connectivity index is 4.55. The molecule has 67 heavy (non-hydrogen) atoms. The first-order chi connectivity index (χ1) is 33.0. The quantitative estimate of drug-likeness (QED) is 0.0262. The van der Waals surface area contributed by atoms with Crippen LogP contribution in [0.25, 0.3) is 0 Å². The molecule has 1 atom stereocenters. The van der Waals surface area contributed by atoms with Crippen molar-refractivity contribution in [1.29, 1.82) is 0 Å². The van der Waals surface area contributed by atoms with E-state index in [4.69, 9.17) is 14.2 Å². The zero-order valence-corrected chi connectivity index (χ0v) is 43.4. The van der Waals surface area contributed by atoms with Crippen LogP contribution >= 0.6 is 0 Å². The number of carbonyl (C=O) groups is 3. The number of carbonyl (C=O) groups excluding carboxylic acids is 3. The second-order valence-electron chi connectivity index (χ2n) is 17.7. The molecule has 0 aromatic heterocycles. The van der Waals surface area contributed by atoms with Gasteiger partial charge in [0.05, 0.1) is 0 Å². The minimum Gasteiger partial charge on any atom is -0.462 e. The summed E-state index contributed by atoms with van der Waals surface area (Å²) in [5.74, 6) is -1.02. The topological polar surface area (TPSA) is 78.9 Å². The molecule has 0 aliphatic carbocycles. The van der Waals surface area contributed by atoms with Crippen LogP contribution < -0.4 is 0 Å². The summed E-state index contributed by atoms with van der Waals surface area (Å²) in [6.45, 7) is 6.40. The molecule has 0 aliphatic heterocycles. The summed E-state index contributed by atoms with van der Waals surface area (Å²) in [4.78, 5) is 38.0. The van der Waals surface area contributed by atoms with Crippen molar-refractivity contribution in [2.24, 2.45) is 0 Å². The minimum absolute atomic E-state index is 0.113. The number of ether oxygens (including phenoxy) is 3. The Labute approximate surface area is 412 Å². The van der Waals surface area contributed by atoms with E-state index >= 15 is 0 Å². The third-order valence-corrected chi connectivity index (χ3v) is 11.2. The fourth-order valence-electron chi connectivity index (χ4n) is 7.14. The van der Waals surface area contributed by atoms with Gasteiger partial charge in [0, 0.05) is 19.3 Å². The molecule has 0 saturated carbocycles. The molecule has 380 valence electrons. The van der Waals surface area contributed by atoms with Crippen LogP contribution in [0.5, 0.6) is 0 Å². The maximum Gasteiger partial charge on any atom is 0.306 e. The van der Waals surface area contributed by atoms with Crippen molar-refractivity contribution in [1.82, 2.24) is 0 Å². The van der Waals surface area contributed by atoms with Crippen LogP contribution in [0.1, 0.15) is 239 Å². The number of hydrogen-bond donors (Lipinski definition) is 0. The fraction of sp³-hybridized carbons (Fsp3) is 0.656. The Morgan fingerprint density at radius 1 is 0.313 bits per heavy atom. The standard InChI is InChI=1S/C61H100O6/c1-4-7-10-13-16-19-22-25-28-29-30-31-34-36-39-42-45-48-51-54-60(63)66-57-58(67-61(64)55-52-49-46-43-40-37-33-27-24-21-18-15-12-9-6-3)56-65-59(62)53-50-47-44-41-38-35-32-26-23-20-17-14-11-8-5-2/h7,10,16,18-19,21,25-28,30-33,36,39,45,48,58H,4-6,8-9,11-15,17,20,22-24,29,34-35,37-38,40-44,46-47,49-57H2,1-3H3/b10-7-,19-16-,21-18-,28-25-,31-30-,32-26-,33-27-,39-36-,48-45-/t58-/m0/s1. The molecule has 0 N–H and O–H groups in total. The molecule has 0 aromatic carbocycles. The number of unbranched alkanes of at least 4 members (excludes halogenated alkanes) is 19. The first-order valence-electron chi connectivity index (χ1n) is 27.4. The van der Waals surface area contributed by atoms with Gasteiger partial charge in [-0.15, -0.1) is 0 Å². The molecule has 0 radical (unpaired) electrons. The van der Waals surface area contributed by atoms with Gasteiger partial charge in [-0.1, -0.05) is 214 Å². The molecular formula is C61H100O6. The van der Waals surface area contributed by atoms with E-state index in [1.54, 1.807) is 0 Å². The summed E-state index contributed by atoms with van der Waals surface area (Å²) in [7, 11) is 0. The van der Waals surface area contributed by atoms with Gasteiger partial charge in [-0.25, -0.2) is 0 Å². The Hall–Kier alpha value is -3.93. The van der Waals surface area contributed by atoms with E-state index < -0.39 is 6.10 Å². The third kappa shape index (κ3) is 52.9. The Morgan fingerprint density at radius 2 is 0.612 bits per heavy atom. The van der Waals surface area contributed by atoms with E-state index in [2.05, 4.69) is 124 Å². The summed E-state index contributed by atoms with van der Waals surface area (Å²) in [5.41, 5.74) is 0. The molecule has 6 heteroatoms. The van der Waals surface area contributed by atoms with Crippen LogP contribution in [-0.2, 0) is 28.6 Å². The number of esters is 3. The van der Waals surface area contributed by atoms with Crippen LogP contribution in [0.3, 0.4) is 0 Å². The van der Waals surface area contributed by atoms with Crippen molar-refractivity contribution in [2.45, 2.75) is 245 Å². The third-order valence-electron chi connectivity index (χ3n) is 11.2. The normalized spacial score (nSPS) is 12.9. The molecule has 0 unspecified atom stereocenters. The SMILES string of the molecule is CC/C=C\C/C=C\C/C=C\C/C=C\C/C=C\C/C=C\CCC(=O)OC[C@H](COC(=O)CCCCCCC/C=C\CCCCCCCC)OC(=O)CCCCCCC/C=C\C/C=C\CCCCC. The van der Waals surface area contributed by atoms with Gasteiger partial charge >= 0.3 is 17.9 Å². The first-order valence-corrected chi connectivity index (χ1v) is 27.4. The number of allylic oxidation sites excluding steroid dienone is 18. The van der Waals surface area contributed by atoms with Crippen LogP contribution in [0.4, 0.5) is 0 Å². The van der Waals surface area contributed by atoms with E-state index in [1.807, 2.05) is 6.08 Å². The van der Waals surface area contributed by atoms with Gasteiger partial charge in [-0.3, -0.25) is 14.4 Å². The Morgan fingerprint density at radius 3 is 1.04 bits per heavy atom. The highest BCUT2D eigenvalue weighted by atomic mass is 16.6. The highest BCUT2D eigenvalue weighted by Crippen LogP contribution is 2.13. The summed E-state index contributed by atoms with van der Waals surface area (Å²) in [5, 5.41) is 0. The molecule has 6 nitrogen and oxygen atoms in total. The molecule has 0 amide bonds. The molecule has 0 saturated heterocycles. The van der Waals surface area contributed by atoms with Gasteiger partial charge in [0.25, 0.3) is 0 Å². The van der Waals surface area contributed by atoms with Crippen molar-refractivity contribution in [3.63, 3.8) is 0 Å². The van der Waals surface area contributed by atoms with Crippen molar-refractivity contribution in [3.05, 3.63) is 109 Å². The average molecular weight is 929 g/mol. The average Bonchev–Trinajstić information content (AvgIpc) is 3.33. The van der Waals surface area contributed by atoms with Gasteiger partial charge in [-0.05, 0) is 116 Å². The van der Waals surface area contributed by atoms with Crippen LogP contribution in [-0.4, -0.2) is 37.2 Å². The predicted octanol–water partition coefficient (Wildman–Crippen LogP) is 18.3. The number of rotatable bonds is 48. The Bertz CT molecular complexity index is 1390. The molecule has 0 spiro atoms. The molecule has 0 aromatic rings. The summed E-state index contributed by atoms with van der Waals surface area (Å²) in [6.07, 6.45) is 73.7. The van der Waals surface area contributed by atoms with Crippen LogP contribution in [0.2, 0.25) is 0 Å². The molecule has 0 fully saturated rings. The van der Waals surface area contributed by atoms with Gasteiger partial charge in [0.2, 0.25) is 0 Å². The molecule has 0 heterocycles. The summed E-state index contributed by atoms with van der Waals surface area (Å²) >= 11 is 0. The highest BCUT2D eigenvalue weighted by molar-refractivity contribution is 5.71. The van der Waals surface area contributed by atoms with Crippen molar-refractivity contribution in [2.75, 3.05) is 13.2 Å². The second kappa shape index (κ2) is 54.7. The monoisotopic (exact) mass is 929 g/mol. The minimum atomic E-state index is -0.821. The van der Waals surface area contributed by atoms with Gasteiger partial charge in [0.1, 0.15) is 13.2 Å². The van der Waals surface area contributed by atoms with E-state index in [1.165, 1.54) is 77.0 Å². The van der Waals surface area contributed by atoms with Gasteiger partial charge < -0.3 is 14.2 Å². The lowest BCUT2D eigenvalue weighted by molar-refractivity contribution is -0.166. The predicted molar refractivity (Wildman–Crippen MR) is 288 cm³/mol. The fourth-order valence-corrected chi connectivity index (χ4v) is 7.14. The Kier molecular flexibility index (Phi) is 51.5. The molecule has 0 bridgehead atoms. The molecule has 0 rings (SSSR count). The zero-order chi connectivity index (χ0) is 48.6. The van der Waals surface area contributed by atoms with E-state index in [-0.39, 0.29) is 37.5 Å². The first kappa shape index (κ1) is 63.1. The molecule has 0 aliphatic rings. The lowest BCUT2D eigenvalue weighted by atomic mass is 10.1. The molecular weight excluding hydrogens is 829 g/mol. The van der Waals surface area contributed by atoms with E-state index in [9.17, 15) is 14.4 Å². The lowest BCUT2D eigenvalue weighted by Crippen LogP contribution is -2.30. The van der Waals surface area contributed by atoms with Crippen molar-refractivity contribution >= 4 is 17.9 Å². The van der Waals surface area contributed by atoms with Gasteiger partial charge in [-0.2, -0.15) is 0 Å². The van der Waals surface area contributed by atoms with Crippen molar-refractivity contribution in [3.8, 4) is 0 Å². The maximum atomic E-state index is 12.8. The zero-order valence-electron chi connectivity index (χ0n) is 43.4. The van der Waals surface area contributed by atoms with Crippen molar-refractivity contribution < 1.29 is 28.6 Å². The van der Waals surface area contributed by atoms with E-state index in [0.29, 0.717) is 19.3 Å². The maximum absolute atomic E-state index is 12.8. The summed E-state index contributed by atoms with van der Waals surface area (Å²) in [6, 6.07) is 0. The van der Waals surface area contributed by atoms with E-state index in [0.717, 1.165) is 116 Å². The highest BCUT2D eigenvalue weighted by Gasteiger charge is 2.19. The summed E-state index contributed by atoms with van der Waals surface area (Å²) < 4.78 is 16.7.